The van der Waals surface area contributed by atoms with Gasteiger partial charge in [0.2, 0.25) is 0 Å². The van der Waals surface area contributed by atoms with E-state index < -0.39 is 40.3 Å². The molecule has 33 heavy (non-hydrogen) atoms. The molecule has 196 valence electrons. The van der Waals surface area contributed by atoms with E-state index in [0.717, 1.165) is 17.7 Å². The van der Waals surface area contributed by atoms with Crippen LogP contribution in [0.3, 0.4) is 0 Å². The van der Waals surface area contributed by atoms with Crippen molar-refractivity contribution in [3.8, 4) is 0 Å². The van der Waals surface area contributed by atoms with Gasteiger partial charge in [0, 0.05) is 0 Å². The summed E-state index contributed by atoms with van der Waals surface area (Å²) < 4.78 is 16.5. The van der Waals surface area contributed by atoms with E-state index in [9.17, 15) is 9.59 Å². The van der Waals surface area contributed by atoms with Crippen LogP contribution in [0.25, 0.3) is 0 Å². The topological polar surface area (TPSA) is 52.6 Å². The first kappa shape index (κ1) is 33.5. The Kier molecular flexibility index (Phi) is 26.0. The predicted octanol–water partition coefficient (Wildman–Crippen LogP) is 8.23. The zero-order chi connectivity index (χ0) is 24.6. The van der Waals surface area contributed by atoms with E-state index in [0.29, 0.717) is 0 Å². The van der Waals surface area contributed by atoms with Gasteiger partial charge in [-0.3, -0.25) is 0 Å². The first-order valence-corrected chi connectivity index (χ1v) is 26.5. The van der Waals surface area contributed by atoms with Gasteiger partial charge in [0.25, 0.3) is 0 Å². The third kappa shape index (κ3) is 22.7. The van der Waals surface area contributed by atoms with Crippen LogP contribution in [-0.4, -0.2) is 52.3 Å². The van der Waals surface area contributed by atoms with E-state index >= 15 is 0 Å². The van der Waals surface area contributed by atoms with Crippen LogP contribution in [-0.2, 0) is 15.7 Å². The van der Waals surface area contributed by atoms with Crippen molar-refractivity contribution in [2.24, 2.45) is 0 Å². The summed E-state index contributed by atoms with van der Waals surface area (Å²) in [4.78, 5) is 25.1. The van der Waals surface area contributed by atoms with E-state index in [1.165, 1.54) is 103 Å². The normalized spacial score (nSPS) is 11.3. The molecule has 0 unspecified atom stereocenters. The number of rotatable bonds is 24. The summed E-state index contributed by atoms with van der Waals surface area (Å²) >= 11 is -4.69. The van der Waals surface area contributed by atoms with Gasteiger partial charge in [0.1, 0.15) is 0 Å². The fraction of sp³-hybridized carbons (Fsp3) is 0.926. The summed E-state index contributed by atoms with van der Waals surface area (Å²) in [7, 11) is 0. The first-order chi connectivity index (χ1) is 16.1. The van der Waals surface area contributed by atoms with Gasteiger partial charge in [-0.05, 0) is 0 Å². The first-order valence-electron chi connectivity index (χ1n) is 14.5. The Morgan fingerprint density at radius 2 is 0.727 bits per heavy atom. The second kappa shape index (κ2) is 25.6. The number of hydrogen-bond donors (Lipinski definition) is 0. The fourth-order valence-electron chi connectivity index (χ4n) is 4.29. The van der Waals surface area contributed by atoms with Crippen molar-refractivity contribution in [1.82, 2.24) is 0 Å². The molecule has 0 aliphatic rings. The van der Waals surface area contributed by atoms with E-state index in [-0.39, 0.29) is 18.4 Å². The molecule has 0 aliphatic carbocycles. The Morgan fingerprint density at radius 1 is 0.455 bits per heavy atom. The molecule has 0 saturated heterocycles. The standard InChI is InChI=1S/4C6H13.C3H4O4.2Sn.2H/c4*1-3-5-6-4-2;4-2(5)1-3(6)7;;;;/h4*1,3-6H2,2H3;1H2,(H,4,5)(H,6,7);;;;/q;;;;;2*+1;;/p-2. The molecule has 0 amide bonds. The monoisotopic (exact) mass is 684 g/mol. The van der Waals surface area contributed by atoms with Crippen LogP contribution in [0, 0.1) is 0 Å². The number of carbonyl (C=O) groups is 2. The average molecular weight is 682 g/mol. The summed E-state index contributed by atoms with van der Waals surface area (Å²) in [6.07, 6.45) is 19.5. The Morgan fingerprint density at radius 3 is 0.970 bits per heavy atom. The van der Waals surface area contributed by atoms with Gasteiger partial charge < -0.3 is 0 Å². The molecule has 0 bridgehead atoms. The van der Waals surface area contributed by atoms with E-state index in [2.05, 4.69) is 27.7 Å². The SMILES string of the molecule is CCCCC[CH2][SnH]([CH2]CCCCC)[O]C(=O)CC(=O)[O][SnH]([CH2]CCCCC)[CH2]CCCCC. The van der Waals surface area contributed by atoms with Gasteiger partial charge in [0.15, 0.2) is 0 Å². The van der Waals surface area contributed by atoms with Crippen molar-refractivity contribution in [3.63, 3.8) is 0 Å². The molecule has 0 N–H and O–H groups in total. The van der Waals surface area contributed by atoms with Crippen molar-refractivity contribution in [1.29, 1.82) is 0 Å². The second-order valence-electron chi connectivity index (χ2n) is 9.80. The summed E-state index contributed by atoms with van der Waals surface area (Å²) in [6, 6.07) is 0. The number of unbranched alkanes of at least 4 members (excludes halogenated alkanes) is 12. The predicted molar refractivity (Wildman–Crippen MR) is 147 cm³/mol. The third-order valence-corrected chi connectivity index (χ3v) is 21.8. The fourth-order valence-corrected chi connectivity index (χ4v) is 18.4. The quantitative estimate of drug-likeness (QED) is 0.0585. The van der Waals surface area contributed by atoms with Gasteiger partial charge in [0.05, 0.1) is 0 Å². The van der Waals surface area contributed by atoms with Crippen molar-refractivity contribution in [2.45, 2.75) is 155 Å². The number of carbonyl (C=O) groups excluding carboxylic acids is 2. The van der Waals surface area contributed by atoms with Gasteiger partial charge in [-0.1, -0.05) is 0 Å². The minimum absolute atomic E-state index is 0.144. The van der Waals surface area contributed by atoms with Crippen LogP contribution in [0.4, 0.5) is 0 Å². The molecule has 0 aromatic heterocycles. The molecule has 0 spiro atoms. The van der Waals surface area contributed by atoms with E-state index in [1.54, 1.807) is 0 Å². The van der Waals surface area contributed by atoms with Crippen LogP contribution in [0.2, 0.25) is 17.7 Å². The molecule has 0 atom stereocenters. The summed E-state index contributed by atoms with van der Waals surface area (Å²) in [5, 5.41) is 0. The molecular weight excluding hydrogens is 626 g/mol. The zero-order valence-corrected chi connectivity index (χ0v) is 29.2. The maximum atomic E-state index is 12.6. The molecule has 4 nitrogen and oxygen atoms in total. The maximum absolute atomic E-state index is 12.6. The van der Waals surface area contributed by atoms with Crippen LogP contribution in [0.15, 0.2) is 0 Å². The Hall–Kier alpha value is 0.537. The summed E-state index contributed by atoms with van der Waals surface area (Å²) in [5.74, 6) is -0.567. The van der Waals surface area contributed by atoms with Crippen LogP contribution < -0.4 is 0 Å². The Labute approximate surface area is 221 Å². The molecule has 0 saturated carbocycles. The molecule has 0 aliphatic heterocycles. The van der Waals surface area contributed by atoms with Crippen molar-refractivity contribution in [3.05, 3.63) is 0 Å². The van der Waals surface area contributed by atoms with Crippen LogP contribution >= 0.6 is 0 Å². The molecule has 0 fully saturated rings. The van der Waals surface area contributed by atoms with E-state index in [1.807, 2.05) is 0 Å². The minimum atomic E-state index is -2.35. The third-order valence-electron chi connectivity index (χ3n) is 6.40. The van der Waals surface area contributed by atoms with Crippen molar-refractivity contribution in [2.75, 3.05) is 0 Å². The molecule has 0 aromatic rings. The summed E-state index contributed by atoms with van der Waals surface area (Å²) in [6.45, 7) is 8.90. The molecule has 6 heteroatoms. The molecule has 0 aromatic carbocycles. The molecular formula is C27H56O4Sn2. The Bertz CT molecular complexity index is 395. The van der Waals surface area contributed by atoms with E-state index in [4.69, 9.17) is 6.15 Å². The summed E-state index contributed by atoms with van der Waals surface area (Å²) in [5.41, 5.74) is 0. The van der Waals surface area contributed by atoms with Gasteiger partial charge in [-0.25, -0.2) is 0 Å². The molecule has 0 radical (unpaired) electrons. The average Bonchev–Trinajstić information content (AvgIpc) is 2.79. The molecule has 0 heterocycles. The van der Waals surface area contributed by atoms with Crippen LogP contribution in [0.1, 0.15) is 137 Å². The van der Waals surface area contributed by atoms with Gasteiger partial charge >= 0.3 is 223 Å². The van der Waals surface area contributed by atoms with Gasteiger partial charge in [-0.2, -0.15) is 0 Å². The van der Waals surface area contributed by atoms with Gasteiger partial charge in [-0.15, -0.1) is 0 Å². The van der Waals surface area contributed by atoms with Crippen LogP contribution in [0.5, 0.6) is 0 Å². The molecule has 0 rings (SSSR count). The second-order valence-corrected chi connectivity index (χ2v) is 24.8. The van der Waals surface area contributed by atoms with Crippen molar-refractivity contribution < 1.29 is 15.7 Å². The Balaban J connectivity index is 4.55. The zero-order valence-electron chi connectivity index (χ0n) is 22.6. The number of hydrogen-bond acceptors (Lipinski definition) is 4. The van der Waals surface area contributed by atoms with Crippen molar-refractivity contribution >= 4 is 52.3 Å².